The van der Waals surface area contributed by atoms with Crippen molar-refractivity contribution in [3.63, 3.8) is 0 Å². The van der Waals surface area contributed by atoms with E-state index in [9.17, 15) is 9.90 Å². The van der Waals surface area contributed by atoms with Gasteiger partial charge >= 0.3 is 5.97 Å². The predicted octanol–water partition coefficient (Wildman–Crippen LogP) is 2.54. The maximum atomic E-state index is 11.7. The van der Waals surface area contributed by atoms with Crippen LogP contribution in [0, 0.1) is 12.8 Å². The molecular formula is C14H20N2O3. The molecule has 0 radical (unpaired) electrons. The number of rotatable bonds is 4. The third-order valence-electron chi connectivity index (χ3n) is 3.94. The van der Waals surface area contributed by atoms with E-state index in [0.717, 1.165) is 25.7 Å². The zero-order valence-electron chi connectivity index (χ0n) is 11.4. The Balaban J connectivity index is 2.41. The van der Waals surface area contributed by atoms with Gasteiger partial charge in [-0.15, -0.1) is 0 Å². The Kier molecular flexibility index (Phi) is 4.35. The normalized spacial score (nSPS) is 18.0. The van der Waals surface area contributed by atoms with E-state index in [0.29, 0.717) is 17.1 Å². The van der Waals surface area contributed by atoms with E-state index in [2.05, 4.69) is 9.97 Å². The molecule has 104 valence electrons. The first-order valence-corrected chi connectivity index (χ1v) is 6.73. The summed E-state index contributed by atoms with van der Waals surface area (Å²) >= 11 is 0. The van der Waals surface area contributed by atoms with E-state index < -0.39 is 11.9 Å². The van der Waals surface area contributed by atoms with Crippen LogP contribution < -0.4 is 4.74 Å². The van der Waals surface area contributed by atoms with Crippen LogP contribution in [0.4, 0.5) is 0 Å². The standard InChI is InChI=1S/C14H20N2O3/c1-9-11(13(19-2)16-8-15-9)12(14(17)18)10-6-4-3-5-7-10/h8,10,12H,3-7H2,1-2H3,(H,17,18). The third kappa shape index (κ3) is 2.85. The lowest BCUT2D eigenvalue weighted by Gasteiger charge is -2.28. The van der Waals surface area contributed by atoms with Crippen molar-refractivity contribution >= 4 is 5.97 Å². The summed E-state index contributed by atoms with van der Waals surface area (Å²) in [6.07, 6.45) is 6.72. The van der Waals surface area contributed by atoms with E-state index in [1.165, 1.54) is 19.9 Å². The van der Waals surface area contributed by atoms with E-state index in [1.807, 2.05) is 6.92 Å². The molecule has 0 spiro atoms. The predicted molar refractivity (Wildman–Crippen MR) is 70.3 cm³/mol. The molecule has 1 heterocycles. The largest absolute Gasteiger partial charge is 0.481 e. The van der Waals surface area contributed by atoms with Crippen molar-refractivity contribution in [2.45, 2.75) is 44.9 Å². The second-order valence-electron chi connectivity index (χ2n) is 5.10. The van der Waals surface area contributed by atoms with E-state index in [4.69, 9.17) is 4.74 Å². The highest BCUT2D eigenvalue weighted by Crippen LogP contribution is 2.39. The Hall–Kier alpha value is -1.65. The number of carbonyl (C=O) groups is 1. The van der Waals surface area contributed by atoms with Gasteiger partial charge in [0.05, 0.1) is 13.0 Å². The van der Waals surface area contributed by atoms with E-state index in [-0.39, 0.29) is 5.92 Å². The van der Waals surface area contributed by atoms with Crippen LogP contribution in [-0.2, 0) is 4.79 Å². The lowest BCUT2D eigenvalue weighted by atomic mass is 9.76. The molecule has 1 N–H and O–H groups in total. The Morgan fingerprint density at radius 1 is 1.37 bits per heavy atom. The molecule has 1 unspecified atom stereocenters. The van der Waals surface area contributed by atoms with Gasteiger partial charge < -0.3 is 9.84 Å². The topological polar surface area (TPSA) is 72.3 Å². The smallest absolute Gasteiger partial charge is 0.311 e. The fourth-order valence-electron chi connectivity index (χ4n) is 3.01. The van der Waals surface area contributed by atoms with Gasteiger partial charge in [-0.25, -0.2) is 9.97 Å². The Labute approximate surface area is 113 Å². The van der Waals surface area contributed by atoms with Gasteiger partial charge in [0.1, 0.15) is 6.33 Å². The van der Waals surface area contributed by atoms with Gasteiger partial charge in [0, 0.05) is 11.3 Å². The second-order valence-corrected chi connectivity index (χ2v) is 5.10. The minimum absolute atomic E-state index is 0.157. The van der Waals surface area contributed by atoms with Crippen LogP contribution in [0.3, 0.4) is 0 Å². The summed E-state index contributed by atoms with van der Waals surface area (Å²) in [6, 6.07) is 0. The first kappa shape index (κ1) is 13.8. The number of nitrogens with zero attached hydrogens (tertiary/aromatic N) is 2. The van der Waals surface area contributed by atoms with Gasteiger partial charge in [-0.3, -0.25) is 4.79 Å². The Morgan fingerprint density at radius 2 is 2.05 bits per heavy atom. The summed E-state index contributed by atoms with van der Waals surface area (Å²) in [4.78, 5) is 19.9. The van der Waals surface area contributed by atoms with Crippen molar-refractivity contribution in [3.8, 4) is 5.88 Å². The number of ether oxygens (including phenoxy) is 1. The molecule has 1 aliphatic rings. The number of hydrogen-bond donors (Lipinski definition) is 1. The van der Waals surface area contributed by atoms with Crippen LogP contribution >= 0.6 is 0 Å². The fourth-order valence-corrected chi connectivity index (χ4v) is 3.01. The molecule has 1 aliphatic carbocycles. The van der Waals surface area contributed by atoms with Gasteiger partial charge in [-0.1, -0.05) is 19.3 Å². The van der Waals surface area contributed by atoms with Crippen molar-refractivity contribution in [2.24, 2.45) is 5.92 Å². The van der Waals surface area contributed by atoms with Crippen LogP contribution in [0.1, 0.15) is 49.3 Å². The molecule has 2 rings (SSSR count). The molecule has 5 heteroatoms. The summed E-state index contributed by atoms with van der Waals surface area (Å²) in [5.74, 6) is -0.810. The average Bonchev–Trinajstić information content (AvgIpc) is 2.41. The van der Waals surface area contributed by atoms with Crippen molar-refractivity contribution < 1.29 is 14.6 Å². The van der Waals surface area contributed by atoms with Gasteiger partial charge in [0.25, 0.3) is 0 Å². The second kappa shape index (κ2) is 5.99. The number of methoxy groups -OCH3 is 1. The summed E-state index contributed by atoms with van der Waals surface area (Å²) in [5.41, 5.74) is 1.34. The van der Waals surface area contributed by atoms with Crippen LogP contribution in [-0.4, -0.2) is 28.2 Å². The molecule has 0 aromatic carbocycles. The zero-order chi connectivity index (χ0) is 13.8. The molecule has 5 nitrogen and oxygen atoms in total. The van der Waals surface area contributed by atoms with Crippen molar-refractivity contribution in [1.29, 1.82) is 0 Å². The average molecular weight is 264 g/mol. The molecule has 0 bridgehead atoms. The number of aliphatic carboxylic acids is 1. The zero-order valence-corrected chi connectivity index (χ0v) is 11.4. The van der Waals surface area contributed by atoms with E-state index >= 15 is 0 Å². The highest BCUT2D eigenvalue weighted by Gasteiger charge is 2.34. The first-order valence-electron chi connectivity index (χ1n) is 6.73. The maximum absolute atomic E-state index is 11.7. The number of hydrogen-bond acceptors (Lipinski definition) is 4. The van der Waals surface area contributed by atoms with Crippen LogP contribution in [0.15, 0.2) is 6.33 Å². The van der Waals surface area contributed by atoms with Crippen molar-refractivity contribution in [2.75, 3.05) is 7.11 Å². The molecule has 19 heavy (non-hydrogen) atoms. The Morgan fingerprint density at radius 3 is 2.63 bits per heavy atom. The fraction of sp³-hybridized carbons (Fsp3) is 0.643. The summed E-state index contributed by atoms with van der Waals surface area (Å²) in [7, 11) is 1.52. The first-order chi connectivity index (χ1) is 9.15. The third-order valence-corrected chi connectivity index (χ3v) is 3.94. The molecule has 1 atom stereocenters. The summed E-state index contributed by atoms with van der Waals surface area (Å²) in [6.45, 7) is 1.82. The number of carboxylic acid groups (broad SMARTS) is 1. The van der Waals surface area contributed by atoms with Gasteiger partial charge in [0.15, 0.2) is 0 Å². The lowest BCUT2D eigenvalue weighted by molar-refractivity contribution is -0.140. The van der Waals surface area contributed by atoms with Gasteiger partial charge in [0.2, 0.25) is 5.88 Å². The van der Waals surface area contributed by atoms with Crippen molar-refractivity contribution in [3.05, 3.63) is 17.6 Å². The number of aromatic nitrogens is 2. The minimum Gasteiger partial charge on any atom is -0.481 e. The quantitative estimate of drug-likeness (QED) is 0.904. The molecule has 1 aromatic rings. The van der Waals surface area contributed by atoms with Crippen LogP contribution in [0.5, 0.6) is 5.88 Å². The highest BCUT2D eigenvalue weighted by molar-refractivity contribution is 5.77. The molecule has 0 saturated heterocycles. The van der Waals surface area contributed by atoms with Crippen LogP contribution in [0.2, 0.25) is 0 Å². The summed E-state index contributed by atoms with van der Waals surface area (Å²) in [5, 5.41) is 9.61. The maximum Gasteiger partial charge on any atom is 0.311 e. The van der Waals surface area contributed by atoms with Gasteiger partial charge in [-0.2, -0.15) is 0 Å². The van der Waals surface area contributed by atoms with Crippen LogP contribution in [0.25, 0.3) is 0 Å². The van der Waals surface area contributed by atoms with Gasteiger partial charge in [-0.05, 0) is 25.7 Å². The highest BCUT2D eigenvalue weighted by atomic mass is 16.5. The minimum atomic E-state index is -0.803. The monoisotopic (exact) mass is 264 g/mol. The van der Waals surface area contributed by atoms with E-state index in [1.54, 1.807) is 0 Å². The number of carboxylic acids is 1. The molecule has 0 aliphatic heterocycles. The molecule has 1 fully saturated rings. The molecule has 1 saturated carbocycles. The van der Waals surface area contributed by atoms with Crippen molar-refractivity contribution in [1.82, 2.24) is 9.97 Å². The summed E-state index contributed by atoms with van der Waals surface area (Å²) < 4.78 is 5.23. The SMILES string of the molecule is COc1ncnc(C)c1C(C(=O)O)C1CCCCC1. The Bertz CT molecular complexity index is 456. The lowest BCUT2D eigenvalue weighted by Crippen LogP contribution is -2.25. The molecular weight excluding hydrogens is 244 g/mol. The molecule has 0 amide bonds. The molecule has 1 aromatic heterocycles. The number of aryl methyl sites for hydroxylation is 1.